The fourth-order valence-corrected chi connectivity index (χ4v) is 2.61. The van der Waals surface area contributed by atoms with Gasteiger partial charge in [-0.3, -0.25) is 20.0 Å². The fourth-order valence-electron chi connectivity index (χ4n) is 2.00. The first-order chi connectivity index (χ1) is 12.3. The van der Waals surface area contributed by atoms with Crippen molar-refractivity contribution in [3.8, 4) is 0 Å². The Morgan fingerprint density at radius 1 is 1.04 bits per heavy atom. The number of amides is 2. The Kier molecular flexibility index (Phi) is 4.71. The van der Waals surface area contributed by atoms with Crippen LogP contribution in [0.3, 0.4) is 0 Å². The van der Waals surface area contributed by atoms with Gasteiger partial charge in [-0.05, 0) is 23.6 Å². The van der Waals surface area contributed by atoms with Crippen LogP contribution in [0.25, 0.3) is 0 Å². The van der Waals surface area contributed by atoms with Crippen molar-refractivity contribution in [1.29, 1.82) is 0 Å². The lowest BCUT2D eigenvalue weighted by molar-refractivity contribution is -0.144. The second-order valence-corrected chi connectivity index (χ2v) is 5.88. The Bertz CT molecular complexity index is 937. The molecular formula is C15H10F3N5O2S. The van der Waals surface area contributed by atoms with Crippen LogP contribution in [0.2, 0.25) is 0 Å². The highest BCUT2D eigenvalue weighted by atomic mass is 32.1. The number of hydrogen-bond donors (Lipinski definition) is 3. The molecule has 0 aliphatic carbocycles. The van der Waals surface area contributed by atoms with Gasteiger partial charge in [0.25, 0.3) is 11.8 Å². The summed E-state index contributed by atoms with van der Waals surface area (Å²) in [6.07, 6.45) is -4.71. The Hall–Kier alpha value is -3.21. The Morgan fingerprint density at radius 2 is 1.81 bits per heavy atom. The predicted molar refractivity (Wildman–Crippen MR) is 88.1 cm³/mol. The minimum absolute atomic E-state index is 0.0516. The third-order valence-corrected chi connectivity index (χ3v) is 4.01. The van der Waals surface area contributed by atoms with Crippen molar-refractivity contribution >= 4 is 34.8 Å². The molecule has 0 saturated carbocycles. The zero-order valence-corrected chi connectivity index (χ0v) is 13.6. The van der Waals surface area contributed by atoms with E-state index in [0.29, 0.717) is 4.88 Å². The van der Waals surface area contributed by atoms with Crippen LogP contribution in [0.5, 0.6) is 0 Å². The van der Waals surface area contributed by atoms with Gasteiger partial charge in [0.2, 0.25) is 11.8 Å². The number of H-pyrrole nitrogens is 1. The zero-order valence-electron chi connectivity index (χ0n) is 12.8. The van der Waals surface area contributed by atoms with Crippen LogP contribution in [-0.4, -0.2) is 27.0 Å². The number of hydrogen-bond acceptors (Lipinski definition) is 5. The maximum atomic E-state index is 12.5. The number of halogens is 3. The molecule has 0 unspecified atom stereocenters. The van der Waals surface area contributed by atoms with Gasteiger partial charge < -0.3 is 5.32 Å². The molecule has 0 fully saturated rings. The summed E-state index contributed by atoms with van der Waals surface area (Å²) in [7, 11) is 0. The molecule has 3 rings (SSSR count). The number of carbonyl (C=O) groups excluding carboxylic acids is 2. The van der Waals surface area contributed by atoms with Gasteiger partial charge in [0.15, 0.2) is 0 Å². The van der Waals surface area contributed by atoms with Gasteiger partial charge in [0.05, 0.1) is 16.1 Å². The van der Waals surface area contributed by atoms with E-state index in [0.717, 1.165) is 0 Å². The van der Waals surface area contributed by atoms with Gasteiger partial charge in [0, 0.05) is 0 Å². The lowest BCUT2D eigenvalue weighted by Gasteiger charge is -2.09. The van der Waals surface area contributed by atoms with Crippen molar-refractivity contribution in [2.75, 3.05) is 10.6 Å². The van der Waals surface area contributed by atoms with E-state index in [-0.39, 0.29) is 11.3 Å². The van der Waals surface area contributed by atoms with E-state index in [2.05, 4.69) is 20.7 Å². The molecule has 1 aromatic carbocycles. The van der Waals surface area contributed by atoms with Crippen LogP contribution in [-0.2, 0) is 6.18 Å². The number of anilines is 2. The Balaban J connectivity index is 1.77. The number of aromatic amines is 1. The predicted octanol–water partition coefficient (Wildman–Crippen LogP) is 3.39. The van der Waals surface area contributed by atoms with E-state index in [9.17, 15) is 22.8 Å². The number of benzene rings is 1. The van der Waals surface area contributed by atoms with Crippen molar-refractivity contribution in [2.24, 2.45) is 0 Å². The van der Waals surface area contributed by atoms with Gasteiger partial charge in [-0.25, -0.2) is 0 Å². The second-order valence-electron chi connectivity index (χ2n) is 4.94. The third kappa shape index (κ3) is 3.88. The molecule has 134 valence electrons. The Morgan fingerprint density at radius 3 is 2.46 bits per heavy atom. The molecule has 0 bridgehead atoms. The smallest absolute Gasteiger partial charge is 0.321 e. The third-order valence-electron chi connectivity index (χ3n) is 3.14. The summed E-state index contributed by atoms with van der Waals surface area (Å²) >= 11 is 1.23. The largest absolute Gasteiger partial charge is 0.451 e. The molecule has 7 nitrogen and oxygen atoms in total. The topological polar surface area (TPSA) is 99.8 Å². The zero-order chi connectivity index (χ0) is 18.7. The van der Waals surface area contributed by atoms with E-state index in [1.807, 2.05) is 0 Å². The highest BCUT2D eigenvalue weighted by molar-refractivity contribution is 7.12. The number of aromatic nitrogens is 3. The van der Waals surface area contributed by atoms with E-state index >= 15 is 0 Å². The molecule has 0 aliphatic heterocycles. The van der Waals surface area contributed by atoms with Crippen LogP contribution in [0.1, 0.15) is 25.9 Å². The average Bonchev–Trinajstić information content (AvgIpc) is 3.26. The highest BCUT2D eigenvalue weighted by Gasteiger charge is 2.35. The first-order valence-corrected chi connectivity index (χ1v) is 7.97. The molecule has 0 aliphatic rings. The highest BCUT2D eigenvalue weighted by Crippen LogP contribution is 2.26. The molecule has 2 heterocycles. The number of thiophene rings is 1. The molecule has 3 aromatic rings. The number of rotatable bonds is 4. The normalized spacial score (nSPS) is 11.2. The van der Waals surface area contributed by atoms with Crippen LogP contribution in [0, 0.1) is 0 Å². The summed E-state index contributed by atoms with van der Waals surface area (Å²) in [6.45, 7) is 0. The summed E-state index contributed by atoms with van der Waals surface area (Å²) in [5, 5.41) is 11.5. The van der Waals surface area contributed by atoms with Gasteiger partial charge in [-0.1, -0.05) is 18.2 Å². The molecule has 0 radical (unpaired) electrons. The number of carbonyl (C=O) groups is 2. The van der Waals surface area contributed by atoms with Gasteiger partial charge >= 0.3 is 6.18 Å². The molecule has 3 N–H and O–H groups in total. The average molecular weight is 381 g/mol. The first-order valence-electron chi connectivity index (χ1n) is 7.09. The molecule has 11 heteroatoms. The molecular weight excluding hydrogens is 371 g/mol. The first kappa shape index (κ1) is 17.6. The van der Waals surface area contributed by atoms with Crippen molar-refractivity contribution in [3.05, 3.63) is 58.0 Å². The van der Waals surface area contributed by atoms with E-state index in [4.69, 9.17) is 0 Å². The minimum atomic E-state index is -4.71. The lowest BCUT2D eigenvalue weighted by atomic mass is 10.1. The van der Waals surface area contributed by atoms with Crippen molar-refractivity contribution in [2.45, 2.75) is 6.18 Å². The van der Waals surface area contributed by atoms with Gasteiger partial charge in [-0.2, -0.15) is 18.2 Å². The number of nitrogens with one attached hydrogen (secondary N) is 3. The summed E-state index contributed by atoms with van der Waals surface area (Å²) in [5.41, 5.74) is 0.255. The number of nitrogens with zero attached hydrogens (tertiary/aromatic N) is 2. The number of alkyl halides is 3. The molecule has 2 aromatic heterocycles. The van der Waals surface area contributed by atoms with E-state index < -0.39 is 29.8 Å². The van der Waals surface area contributed by atoms with Crippen LogP contribution >= 0.6 is 11.3 Å². The van der Waals surface area contributed by atoms with Crippen LogP contribution < -0.4 is 10.6 Å². The fraction of sp³-hybridized carbons (Fsp3) is 0.0667. The quantitative estimate of drug-likeness (QED) is 0.645. The number of para-hydroxylation sites is 1. The maximum Gasteiger partial charge on any atom is 0.451 e. The standard InChI is InChI=1S/C15H10F3N5O2S/c16-15(17,18)13-21-14(23-22-13)20-11(24)8-4-1-2-5-9(8)19-12(25)10-6-3-7-26-10/h1-7H,(H,19,25)(H2,20,21,22,23,24). The van der Waals surface area contributed by atoms with Crippen LogP contribution in [0.15, 0.2) is 41.8 Å². The van der Waals surface area contributed by atoms with Gasteiger partial charge in [0.1, 0.15) is 0 Å². The van der Waals surface area contributed by atoms with Crippen molar-refractivity contribution in [3.63, 3.8) is 0 Å². The molecule has 0 spiro atoms. The lowest BCUT2D eigenvalue weighted by Crippen LogP contribution is -2.18. The van der Waals surface area contributed by atoms with E-state index in [1.165, 1.54) is 23.5 Å². The van der Waals surface area contributed by atoms with Crippen molar-refractivity contribution in [1.82, 2.24) is 15.2 Å². The molecule has 0 atom stereocenters. The van der Waals surface area contributed by atoms with Gasteiger partial charge in [-0.15, -0.1) is 16.4 Å². The van der Waals surface area contributed by atoms with Crippen LogP contribution in [0.4, 0.5) is 24.8 Å². The summed E-state index contributed by atoms with van der Waals surface area (Å²) in [5.74, 6) is -3.02. The summed E-state index contributed by atoms with van der Waals surface area (Å²) in [6, 6.07) is 9.40. The monoisotopic (exact) mass is 381 g/mol. The van der Waals surface area contributed by atoms with Crippen molar-refractivity contribution < 1.29 is 22.8 Å². The summed E-state index contributed by atoms with van der Waals surface area (Å²) in [4.78, 5) is 28.1. The maximum absolute atomic E-state index is 12.5. The summed E-state index contributed by atoms with van der Waals surface area (Å²) < 4.78 is 37.5. The molecule has 0 saturated heterocycles. The Labute approximate surface area is 148 Å². The minimum Gasteiger partial charge on any atom is -0.321 e. The molecule has 2 amide bonds. The SMILES string of the molecule is O=C(Nc1ccccc1C(=O)Nc1n[nH]c(C(F)(F)F)n1)c1cccs1. The van der Waals surface area contributed by atoms with E-state index in [1.54, 1.807) is 34.7 Å². The molecule has 26 heavy (non-hydrogen) atoms. The second kappa shape index (κ2) is 6.96.